The van der Waals surface area contributed by atoms with Crippen molar-refractivity contribution < 1.29 is 4.79 Å². The highest BCUT2D eigenvalue weighted by Crippen LogP contribution is 2.28. The van der Waals surface area contributed by atoms with Crippen LogP contribution in [0.2, 0.25) is 0 Å². The lowest BCUT2D eigenvalue weighted by Crippen LogP contribution is -2.16. The number of thioether (sulfide) groups is 1. The lowest BCUT2D eigenvalue weighted by molar-refractivity contribution is -0.113. The highest BCUT2D eigenvalue weighted by Gasteiger charge is 2.16. The second kappa shape index (κ2) is 8.92. The Balaban J connectivity index is 1.73. The molecule has 0 fully saturated rings. The number of carbonyl (C=O) groups is 1. The van der Waals surface area contributed by atoms with Gasteiger partial charge in [0.25, 0.3) is 0 Å². The third kappa shape index (κ3) is 4.47. The fraction of sp³-hybridized carbons (Fsp3) is 0.286. The topological polar surface area (TPSA) is 59.8 Å². The van der Waals surface area contributed by atoms with E-state index in [4.69, 9.17) is 0 Å². The van der Waals surface area contributed by atoms with Crippen molar-refractivity contribution >= 4 is 39.3 Å². The van der Waals surface area contributed by atoms with Crippen LogP contribution in [-0.4, -0.2) is 26.4 Å². The molecule has 0 saturated carbocycles. The molecule has 1 N–H and O–H groups in total. The van der Waals surface area contributed by atoms with Gasteiger partial charge in [0.15, 0.2) is 11.0 Å². The van der Waals surface area contributed by atoms with Gasteiger partial charge in [-0.1, -0.05) is 52.0 Å². The van der Waals surface area contributed by atoms with Gasteiger partial charge in [-0.2, -0.15) is 0 Å². The van der Waals surface area contributed by atoms with E-state index in [0.717, 1.165) is 49.9 Å². The Morgan fingerprint density at radius 3 is 2.43 bits per heavy atom. The maximum atomic E-state index is 12.5. The predicted molar refractivity (Wildman–Crippen MR) is 119 cm³/mol. The van der Waals surface area contributed by atoms with Gasteiger partial charge < -0.3 is 9.88 Å². The van der Waals surface area contributed by atoms with Crippen molar-refractivity contribution in [2.45, 2.75) is 39.4 Å². The van der Waals surface area contributed by atoms with Gasteiger partial charge in [0.2, 0.25) is 5.91 Å². The molecule has 2 aromatic carbocycles. The number of hydrogen-bond donors (Lipinski definition) is 1. The van der Waals surface area contributed by atoms with Gasteiger partial charge in [0.05, 0.1) is 5.75 Å². The molecule has 0 aliphatic rings. The van der Waals surface area contributed by atoms with E-state index in [2.05, 4.69) is 55.9 Å². The van der Waals surface area contributed by atoms with Crippen molar-refractivity contribution in [3.05, 3.63) is 57.6 Å². The van der Waals surface area contributed by atoms with Crippen LogP contribution in [0.25, 0.3) is 11.4 Å². The molecule has 1 aromatic heterocycles. The number of nitrogens with one attached hydrogen (secondary N) is 1. The van der Waals surface area contributed by atoms with Crippen LogP contribution in [0.1, 0.15) is 23.6 Å². The van der Waals surface area contributed by atoms with Crippen LogP contribution in [0.15, 0.2) is 46.0 Å². The van der Waals surface area contributed by atoms with Gasteiger partial charge in [-0.3, -0.25) is 4.79 Å². The summed E-state index contributed by atoms with van der Waals surface area (Å²) in [5.74, 6) is 1.06. The summed E-state index contributed by atoms with van der Waals surface area (Å²) < 4.78 is 3.06. The van der Waals surface area contributed by atoms with E-state index in [9.17, 15) is 4.79 Å². The van der Waals surface area contributed by atoms with Gasteiger partial charge in [-0.05, 0) is 56.5 Å². The molecule has 0 unspecified atom stereocenters. The second-order valence-corrected chi connectivity index (χ2v) is 8.47. The first-order valence-corrected chi connectivity index (χ1v) is 10.9. The molecule has 0 atom stereocenters. The third-order valence-corrected chi connectivity index (χ3v) is 5.94. The lowest BCUT2D eigenvalue weighted by atomic mass is 10.1. The molecule has 1 heterocycles. The van der Waals surface area contributed by atoms with Crippen molar-refractivity contribution in [1.29, 1.82) is 0 Å². The molecular formula is C21H23BrN4OS. The van der Waals surface area contributed by atoms with Crippen LogP contribution >= 0.6 is 27.7 Å². The summed E-state index contributed by atoms with van der Waals surface area (Å²) in [6.07, 6.45) is 0. The molecule has 28 heavy (non-hydrogen) atoms. The van der Waals surface area contributed by atoms with Gasteiger partial charge >= 0.3 is 0 Å². The number of carbonyl (C=O) groups excluding carboxylic acids is 1. The molecule has 146 valence electrons. The first-order chi connectivity index (χ1) is 13.4. The van der Waals surface area contributed by atoms with Crippen molar-refractivity contribution in [1.82, 2.24) is 14.8 Å². The normalized spacial score (nSPS) is 10.9. The number of nitrogens with zero attached hydrogens (tertiary/aromatic N) is 3. The van der Waals surface area contributed by atoms with E-state index in [1.54, 1.807) is 0 Å². The molecule has 0 saturated heterocycles. The first kappa shape index (κ1) is 20.6. The average molecular weight is 459 g/mol. The molecule has 7 heteroatoms. The van der Waals surface area contributed by atoms with Gasteiger partial charge in [-0.15, -0.1) is 10.2 Å². The molecule has 3 rings (SSSR count). The minimum absolute atomic E-state index is 0.0541. The molecule has 3 aromatic rings. The van der Waals surface area contributed by atoms with E-state index >= 15 is 0 Å². The molecule has 0 aliphatic carbocycles. The summed E-state index contributed by atoms with van der Waals surface area (Å²) in [4.78, 5) is 12.5. The Kier molecular flexibility index (Phi) is 6.57. The van der Waals surface area contributed by atoms with E-state index in [1.807, 2.05) is 44.2 Å². The zero-order valence-electron chi connectivity index (χ0n) is 16.4. The molecule has 1 amide bonds. The summed E-state index contributed by atoms with van der Waals surface area (Å²) in [5.41, 5.74) is 5.15. The third-order valence-electron chi connectivity index (χ3n) is 4.51. The van der Waals surface area contributed by atoms with Crippen LogP contribution in [0.3, 0.4) is 0 Å². The quantitative estimate of drug-likeness (QED) is 0.503. The Hall–Kier alpha value is -2.12. The number of halogens is 1. The highest BCUT2D eigenvalue weighted by molar-refractivity contribution is 9.10. The second-order valence-electron chi connectivity index (χ2n) is 6.62. The van der Waals surface area contributed by atoms with Crippen molar-refractivity contribution in [2.75, 3.05) is 11.1 Å². The summed E-state index contributed by atoms with van der Waals surface area (Å²) in [6.45, 7) is 8.84. The number of aryl methyl sites for hydroxylation is 3. The molecule has 0 bridgehead atoms. The highest BCUT2D eigenvalue weighted by atomic mass is 79.9. The van der Waals surface area contributed by atoms with Crippen molar-refractivity contribution in [3.8, 4) is 11.4 Å². The van der Waals surface area contributed by atoms with E-state index in [1.165, 1.54) is 11.8 Å². The zero-order valence-corrected chi connectivity index (χ0v) is 18.8. The average Bonchev–Trinajstić information content (AvgIpc) is 3.06. The Bertz CT molecular complexity index is 992. The van der Waals surface area contributed by atoms with Crippen molar-refractivity contribution in [3.63, 3.8) is 0 Å². The van der Waals surface area contributed by atoms with Gasteiger partial charge in [0.1, 0.15) is 0 Å². The lowest BCUT2D eigenvalue weighted by Gasteiger charge is -2.12. The zero-order chi connectivity index (χ0) is 20.3. The van der Waals surface area contributed by atoms with Crippen molar-refractivity contribution in [2.24, 2.45) is 0 Å². The van der Waals surface area contributed by atoms with Crippen LogP contribution in [0, 0.1) is 20.8 Å². The van der Waals surface area contributed by atoms with Crippen LogP contribution in [-0.2, 0) is 11.3 Å². The summed E-state index contributed by atoms with van der Waals surface area (Å²) >= 11 is 4.89. The number of rotatable bonds is 6. The predicted octanol–water partition coefficient (Wildman–Crippen LogP) is 5.38. The molecule has 0 radical (unpaired) electrons. The SMILES string of the molecule is CCn1c(SCC(=O)Nc2c(C)cc(Br)cc2C)nnc1-c1ccccc1C. The number of hydrogen-bond acceptors (Lipinski definition) is 4. The van der Waals surface area contributed by atoms with Gasteiger partial charge in [0, 0.05) is 22.3 Å². The maximum absolute atomic E-state index is 12.5. The van der Waals surface area contributed by atoms with E-state index in [0.29, 0.717) is 0 Å². The summed E-state index contributed by atoms with van der Waals surface area (Å²) in [6, 6.07) is 12.1. The standard InChI is InChI=1S/C21H23BrN4OS/c1-5-26-20(17-9-7-6-8-13(17)2)24-25-21(26)28-12-18(27)23-19-14(3)10-16(22)11-15(19)4/h6-11H,5,12H2,1-4H3,(H,23,27). The van der Waals surface area contributed by atoms with Crippen LogP contribution in [0.5, 0.6) is 0 Å². The maximum Gasteiger partial charge on any atom is 0.234 e. The fourth-order valence-electron chi connectivity index (χ4n) is 3.12. The number of aromatic nitrogens is 3. The number of amides is 1. The van der Waals surface area contributed by atoms with E-state index in [-0.39, 0.29) is 11.7 Å². The summed E-state index contributed by atoms with van der Waals surface area (Å²) in [5, 5.41) is 12.5. The fourth-order valence-corrected chi connectivity index (χ4v) is 4.61. The monoisotopic (exact) mass is 458 g/mol. The summed E-state index contributed by atoms with van der Waals surface area (Å²) in [7, 11) is 0. The Labute approximate surface area is 178 Å². The van der Waals surface area contributed by atoms with Crippen LogP contribution < -0.4 is 5.32 Å². The largest absolute Gasteiger partial charge is 0.325 e. The Morgan fingerprint density at radius 1 is 1.11 bits per heavy atom. The van der Waals surface area contributed by atoms with E-state index < -0.39 is 0 Å². The first-order valence-electron chi connectivity index (χ1n) is 9.09. The minimum atomic E-state index is -0.0541. The number of benzene rings is 2. The molecule has 5 nitrogen and oxygen atoms in total. The Morgan fingerprint density at radius 2 is 1.79 bits per heavy atom. The minimum Gasteiger partial charge on any atom is -0.325 e. The van der Waals surface area contributed by atoms with Crippen LogP contribution in [0.4, 0.5) is 5.69 Å². The molecule has 0 spiro atoms. The molecular weight excluding hydrogens is 436 g/mol. The van der Waals surface area contributed by atoms with Gasteiger partial charge in [-0.25, -0.2) is 0 Å². The smallest absolute Gasteiger partial charge is 0.234 e. The number of anilines is 1. The molecule has 0 aliphatic heterocycles.